The SMILES string of the molecule is COc1cccc(N=c2scc(-c3cc4ccccc4o3)n2N=Cc2ccncc2)c1. The molecule has 6 nitrogen and oxygen atoms in total. The highest BCUT2D eigenvalue weighted by Gasteiger charge is 2.13. The fraction of sp³-hybridized carbons (Fsp3) is 0.0417. The van der Waals surface area contributed by atoms with Crippen LogP contribution in [-0.4, -0.2) is 23.0 Å². The van der Waals surface area contributed by atoms with Crippen LogP contribution in [0.25, 0.3) is 22.4 Å². The Morgan fingerprint density at radius 2 is 1.90 bits per heavy atom. The van der Waals surface area contributed by atoms with E-state index in [4.69, 9.17) is 19.2 Å². The highest BCUT2D eigenvalue weighted by atomic mass is 32.1. The zero-order valence-electron chi connectivity index (χ0n) is 16.7. The quantitative estimate of drug-likeness (QED) is 0.350. The van der Waals surface area contributed by atoms with Crippen molar-refractivity contribution < 1.29 is 9.15 Å². The summed E-state index contributed by atoms with van der Waals surface area (Å²) in [5, 5.41) is 7.75. The van der Waals surface area contributed by atoms with Gasteiger partial charge in [0.1, 0.15) is 17.0 Å². The minimum absolute atomic E-state index is 0.717. The van der Waals surface area contributed by atoms with Crippen molar-refractivity contribution in [2.75, 3.05) is 7.11 Å². The van der Waals surface area contributed by atoms with E-state index in [1.807, 2.05) is 72.1 Å². The van der Waals surface area contributed by atoms with E-state index in [0.717, 1.165) is 39.4 Å². The lowest BCUT2D eigenvalue weighted by Gasteiger charge is -2.02. The van der Waals surface area contributed by atoms with E-state index in [1.165, 1.54) is 11.3 Å². The minimum Gasteiger partial charge on any atom is -0.497 e. The predicted octanol–water partition coefficient (Wildman–Crippen LogP) is 5.48. The average Bonchev–Trinajstić information content (AvgIpc) is 3.42. The number of methoxy groups -OCH3 is 1. The lowest BCUT2D eigenvalue weighted by atomic mass is 10.2. The first kappa shape index (κ1) is 19.0. The van der Waals surface area contributed by atoms with Gasteiger partial charge in [-0.3, -0.25) is 4.98 Å². The van der Waals surface area contributed by atoms with E-state index in [2.05, 4.69) is 4.98 Å². The van der Waals surface area contributed by atoms with E-state index in [-0.39, 0.29) is 0 Å². The third-order valence-electron chi connectivity index (χ3n) is 4.67. The number of ether oxygens (including phenoxy) is 1. The molecule has 31 heavy (non-hydrogen) atoms. The van der Waals surface area contributed by atoms with E-state index in [9.17, 15) is 0 Å². The molecule has 0 fully saturated rings. The van der Waals surface area contributed by atoms with Gasteiger partial charge in [-0.05, 0) is 42.0 Å². The van der Waals surface area contributed by atoms with Crippen LogP contribution in [0.5, 0.6) is 5.75 Å². The summed E-state index contributed by atoms with van der Waals surface area (Å²) in [7, 11) is 1.64. The van der Waals surface area contributed by atoms with Crippen molar-refractivity contribution in [1.29, 1.82) is 0 Å². The molecule has 0 unspecified atom stereocenters. The van der Waals surface area contributed by atoms with E-state index in [0.29, 0.717) is 4.80 Å². The molecule has 0 bridgehead atoms. The number of rotatable bonds is 5. The number of furan rings is 1. The Bertz CT molecular complexity index is 1400. The molecular weight excluding hydrogens is 408 g/mol. The van der Waals surface area contributed by atoms with E-state index in [1.54, 1.807) is 30.4 Å². The fourth-order valence-corrected chi connectivity index (χ4v) is 3.97. The number of para-hydroxylation sites is 1. The Morgan fingerprint density at radius 3 is 2.74 bits per heavy atom. The van der Waals surface area contributed by atoms with Gasteiger partial charge >= 0.3 is 0 Å². The number of benzene rings is 2. The van der Waals surface area contributed by atoms with E-state index >= 15 is 0 Å². The Morgan fingerprint density at radius 1 is 1.03 bits per heavy atom. The molecule has 0 aliphatic heterocycles. The lowest BCUT2D eigenvalue weighted by molar-refractivity contribution is 0.415. The normalized spacial score (nSPS) is 12.1. The molecule has 0 spiro atoms. The maximum atomic E-state index is 6.09. The Kier molecular flexibility index (Phi) is 5.16. The summed E-state index contributed by atoms with van der Waals surface area (Å²) in [5.74, 6) is 1.48. The Balaban J connectivity index is 1.66. The summed E-state index contributed by atoms with van der Waals surface area (Å²) in [6, 6.07) is 21.4. The zero-order chi connectivity index (χ0) is 21.0. The van der Waals surface area contributed by atoms with Gasteiger partial charge in [0.15, 0.2) is 5.76 Å². The summed E-state index contributed by atoms with van der Waals surface area (Å²) in [5.41, 5.74) is 3.38. The van der Waals surface area contributed by atoms with Gasteiger partial charge in [0, 0.05) is 29.2 Å². The topological polar surface area (TPSA) is 64.9 Å². The zero-order valence-corrected chi connectivity index (χ0v) is 17.5. The van der Waals surface area contributed by atoms with Crippen LogP contribution in [0.15, 0.2) is 99.0 Å². The van der Waals surface area contributed by atoms with Gasteiger partial charge in [-0.2, -0.15) is 5.10 Å². The summed E-state index contributed by atoms with van der Waals surface area (Å²) in [6.07, 6.45) is 5.26. The summed E-state index contributed by atoms with van der Waals surface area (Å²) in [4.78, 5) is 9.57. The molecule has 7 heteroatoms. The molecule has 0 saturated heterocycles. The molecule has 5 aromatic rings. The van der Waals surface area contributed by atoms with Gasteiger partial charge in [0.05, 0.1) is 19.0 Å². The molecule has 3 heterocycles. The molecule has 5 rings (SSSR count). The first-order chi connectivity index (χ1) is 15.3. The third-order valence-corrected chi connectivity index (χ3v) is 5.49. The molecule has 0 radical (unpaired) electrons. The summed E-state index contributed by atoms with van der Waals surface area (Å²) in [6.45, 7) is 0. The molecule has 0 aliphatic carbocycles. The molecule has 0 N–H and O–H groups in total. The van der Waals surface area contributed by atoms with Crippen LogP contribution in [0.4, 0.5) is 5.69 Å². The van der Waals surface area contributed by atoms with Crippen molar-refractivity contribution in [3.63, 3.8) is 0 Å². The maximum absolute atomic E-state index is 6.09. The van der Waals surface area contributed by atoms with Gasteiger partial charge in [-0.1, -0.05) is 24.3 Å². The van der Waals surface area contributed by atoms with Crippen LogP contribution in [0.1, 0.15) is 5.56 Å². The van der Waals surface area contributed by atoms with Crippen molar-refractivity contribution in [2.45, 2.75) is 0 Å². The van der Waals surface area contributed by atoms with Crippen LogP contribution >= 0.6 is 11.3 Å². The highest BCUT2D eigenvalue weighted by Crippen LogP contribution is 2.28. The number of fused-ring (bicyclic) bond motifs is 1. The molecule has 0 atom stereocenters. The first-order valence-electron chi connectivity index (χ1n) is 9.63. The van der Waals surface area contributed by atoms with Crippen LogP contribution in [0, 0.1) is 0 Å². The highest BCUT2D eigenvalue weighted by molar-refractivity contribution is 7.07. The first-order valence-corrected chi connectivity index (χ1v) is 10.5. The number of hydrogen-bond acceptors (Lipinski definition) is 6. The molecule has 3 aromatic heterocycles. The van der Waals surface area contributed by atoms with Crippen molar-refractivity contribution in [3.8, 4) is 17.2 Å². The van der Waals surface area contributed by atoms with Gasteiger partial charge in [-0.15, -0.1) is 11.3 Å². The van der Waals surface area contributed by atoms with Gasteiger partial charge < -0.3 is 9.15 Å². The fourth-order valence-electron chi connectivity index (χ4n) is 3.13. The monoisotopic (exact) mass is 426 g/mol. The molecule has 2 aromatic carbocycles. The Hall–Kier alpha value is -3.97. The standard InChI is InChI=1S/C24H18N4O2S/c1-29-20-7-4-6-19(14-20)27-24-28(26-15-17-9-11-25-12-10-17)21(16-31-24)23-13-18-5-2-3-8-22(18)30-23/h2-16H,1H3. The van der Waals surface area contributed by atoms with Gasteiger partial charge in [0.2, 0.25) is 4.80 Å². The van der Waals surface area contributed by atoms with Gasteiger partial charge in [0.25, 0.3) is 0 Å². The third kappa shape index (κ3) is 4.04. The molecule has 0 amide bonds. The largest absolute Gasteiger partial charge is 0.497 e. The molecule has 152 valence electrons. The van der Waals surface area contributed by atoms with Crippen molar-refractivity contribution in [2.24, 2.45) is 10.1 Å². The number of hydrogen-bond donors (Lipinski definition) is 0. The molecule has 0 saturated carbocycles. The number of aromatic nitrogens is 2. The predicted molar refractivity (Wildman–Crippen MR) is 123 cm³/mol. The lowest BCUT2D eigenvalue weighted by Crippen LogP contribution is -2.11. The van der Waals surface area contributed by atoms with Crippen LogP contribution in [0.3, 0.4) is 0 Å². The van der Waals surface area contributed by atoms with Crippen LogP contribution in [-0.2, 0) is 0 Å². The van der Waals surface area contributed by atoms with E-state index < -0.39 is 0 Å². The van der Waals surface area contributed by atoms with Crippen LogP contribution in [0.2, 0.25) is 0 Å². The summed E-state index contributed by atoms with van der Waals surface area (Å²) >= 11 is 1.49. The second kappa shape index (κ2) is 8.41. The second-order valence-electron chi connectivity index (χ2n) is 6.70. The van der Waals surface area contributed by atoms with Crippen molar-refractivity contribution in [1.82, 2.24) is 9.66 Å². The second-order valence-corrected chi connectivity index (χ2v) is 7.54. The number of thiazole rings is 1. The number of pyridine rings is 1. The molecule has 0 aliphatic rings. The van der Waals surface area contributed by atoms with Crippen molar-refractivity contribution >= 4 is 34.2 Å². The van der Waals surface area contributed by atoms with Gasteiger partial charge in [-0.25, -0.2) is 9.67 Å². The van der Waals surface area contributed by atoms with Crippen LogP contribution < -0.4 is 9.54 Å². The van der Waals surface area contributed by atoms with Crippen molar-refractivity contribution in [3.05, 3.63) is 94.9 Å². The molecular formula is C24H18N4O2S. The summed E-state index contributed by atoms with van der Waals surface area (Å²) < 4.78 is 13.2. The average molecular weight is 427 g/mol. The maximum Gasteiger partial charge on any atom is 0.211 e. The number of nitrogens with zero attached hydrogens (tertiary/aromatic N) is 4. The minimum atomic E-state index is 0.717. The smallest absolute Gasteiger partial charge is 0.211 e. The Labute approximate surface area is 182 Å².